The molecule has 4 aromatic carbocycles. The van der Waals surface area contributed by atoms with Gasteiger partial charge in [0.15, 0.2) is 12.4 Å². The van der Waals surface area contributed by atoms with Crippen LogP contribution in [0.15, 0.2) is 207 Å². The summed E-state index contributed by atoms with van der Waals surface area (Å²) in [6, 6.07) is 63.9. The minimum atomic E-state index is 0.813. The lowest BCUT2D eigenvalue weighted by molar-refractivity contribution is -0.673. The van der Waals surface area contributed by atoms with Crippen molar-refractivity contribution in [3.05, 3.63) is 207 Å². The maximum Gasteiger partial charge on any atom is 0.223 e. The third-order valence-corrected chi connectivity index (χ3v) is 9.87. The Balaban J connectivity index is 1.08. The summed E-state index contributed by atoms with van der Waals surface area (Å²) in [5.41, 5.74) is 15.7. The van der Waals surface area contributed by atoms with E-state index in [2.05, 4.69) is 177 Å². The van der Waals surface area contributed by atoms with Crippen LogP contribution < -0.4 is 9.13 Å². The van der Waals surface area contributed by atoms with Gasteiger partial charge in [-0.3, -0.25) is 9.97 Å². The van der Waals surface area contributed by atoms with Crippen LogP contribution in [-0.4, -0.2) is 15.0 Å². The standard InChI is InChI=1S/C50H37N5/c1-54-30-26-44(27-31-54)55-49(40-12-4-2-5-13-40)34-43(35-50(55)41-14-6-3-7-15-41)39-24-20-37(21-25-39)36-18-22-38(23-19-36)42-32-47(45-16-8-10-28-51-45)53-48(33-42)46-17-9-11-29-52-46/h2-35H,1H3/q+2. The van der Waals surface area contributed by atoms with Gasteiger partial charge in [0.1, 0.15) is 7.05 Å². The average Bonchev–Trinajstić information content (AvgIpc) is 3.27. The maximum absolute atomic E-state index is 4.94. The Hall–Kier alpha value is -7.37. The number of aryl methyl sites for hydroxylation is 1. The molecule has 5 nitrogen and oxygen atoms in total. The molecule has 5 aromatic heterocycles. The van der Waals surface area contributed by atoms with Gasteiger partial charge in [-0.05, 0) is 94.0 Å². The summed E-state index contributed by atoms with van der Waals surface area (Å²) in [5.74, 6) is 0. The van der Waals surface area contributed by atoms with E-state index in [-0.39, 0.29) is 0 Å². The van der Waals surface area contributed by atoms with E-state index >= 15 is 0 Å². The van der Waals surface area contributed by atoms with E-state index in [0.717, 1.165) is 84.4 Å². The van der Waals surface area contributed by atoms with Crippen LogP contribution >= 0.6 is 0 Å². The van der Waals surface area contributed by atoms with Crippen molar-refractivity contribution in [1.29, 1.82) is 0 Å². The molecule has 9 rings (SSSR count). The predicted molar refractivity (Wildman–Crippen MR) is 221 cm³/mol. The highest BCUT2D eigenvalue weighted by atomic mass is 15.0. The quantitative estimate of drug-likeness (QED) is 0.148. The Morgan fingerprint density at radius 1 is 0.345 bits per heavy atom. The van der Waals surface area contributed by atoms with Crippen molar-refractivity contribution in [2.75, 3.05) is 0 Å². The zero-order valence-corrected chi connectivity index (χ0v) is 30.4. The van der Waals surface area contributed by atoms with Crippen molar-refractivity contribution in [3.63, 3.8) is 0 Å². The van der Waals surface area contributed by atoms with Crippen molar-refractivity contribution >= 4 is 0 Å². The highest BCUT2D eigenvalue weighted by Gasteiger charge is 2.25. The Bertz CT molecular complexity index is 2580. The highest BCUT2D eigenvalue weighted by molar-refractivity contribution is 5.79. The van der Waals surface area contributed by atoms with Gasteiger partial charge in [-0.1, -0.05) is 97.1 Å². The summed E-state index contributed by atoms with van der Waals surface area (Å²) in [7, 11) is 2.05. The van der Waals surface area contributed by atoms with E-state index in [9.17, 15) is 0 Å². The fraction of sp³-hybridized carbons (Fsp3) is 0.0200. The first-order valence-electron chi connectivity index (χ1n) is 18.4. The molecule has 260 valence electrons. The lowest BCUT2D eigenvalue weighted by Gasteiger charge is -2.13. The van der Waals surface area contributed by atoms with E-state index < -0.39 is 0 Å². The van der Waals surface area contributed by atoms with Gasteiger partial charge in [0.25, 0.3) is 0 Å². The minimum absolute atomic E-state index is 0.813. The molecule has 0 saturated heterocycles. The second-order valence-corrected chi connectivity index (χ2v) is 13.5. The van der Waals surface area contributed by atoms with Crippen LogP contribution in [-0.2, 0) is 7.05 Å². The Labute approximate surface area is 321 Å². The number of aromatic nitrogens is 5. The third-order valence-electron chi connectivity index (χ3n) is 9.87. The molecule has 0 aliphatic heterocycles. The smallest absolute Gasteiger partial charge is 0.223 e. The molecule has 5 heteroatoms. The number of nitrogens with zero attached hydrogens (tertiary/aromatic N) is 5. The van der Waals surface area contributed by atoms with Gasteiger partial charge in [0, 0.05) is 35.7 Å². The number of pyridine rings is 5. The summed E-state index contributed by atoms with van der Waals surface area (Å²) < 4.78 is 4.43. The summed E-state index contributed by atoms with van der Waals surface area (Å²) in [6.07, 6.45) is 7.79. The van der Waals surface area contributed by atoms with Crippen LogP contribution in [0.5, 0.6) is 0 Å². The number of benzene rings is 4. The van der Waals surface area contributed by atoms with Crippen LogP contribution in [0, 0.1) is 0 Å². The topological polar surface area (TPSA) is 46.4 Å². The van der Waals surface area contributed by atoms with Crippen LogP contribution in [0.2, 0.25) is 0 Å². The molecule has 0 bridgehead atoms. The lowest BCUT2D eigenvalue weighted by Crippen LogP contribution is -2.38. The molecule has 0 spiro atoms. The fourth-order valence-electron chi connectivity index (χ4n) is 7.02. The van der Waals surface area contributed by atoms with Gasteiger partial charge < -0.3 is 0 Å². The van der Waals surface area contributed by atoms with Gasteiger partial charge in [-0.15, -0.1) is 0 Å². The minimum Gasteiger partial charge on any atom is -0.255 e. The molecule has 55 heavy (non-hydrogen) atoms. The molecular formula is C50H37N5+2. The van der Waals surface area contributed by atoms with Crippen molar-refractivity contribution in [2.24, 2.45) is 7.05 Å². The van der Waals surface area contributed by atoms with Crippen molar-refractivity contribution in [3.8, 4) is 84.4 Å². The molecule has 0 unspecified atom stereocenters. The first-order valence-corrected chi connectivity index (χ1v) is 18.4. The number of rotatable bonds is 8. The van der Waals surface area contributed by atoms with E-state index in [0.29, 0.717) is 0 Å². The van der Waals surface area contributed by atoms with Crippen LogP contribution in [0.4, 0.5) is 0 Å². The third kappa shape index (κ3) is 7.07. The normalized spacial score (nSPS) is 11.0. The van der Waals surface area contributed by atoms with E-state index in [1.54, 1.807) is 12.4 Å². The molecule has 0 N–H and O–H groups in total. The summed E-state index contributed by atoms with van der Waals surface area (Å²) in [6.45, 7) is 0. The Kier molecular flexibility index (Phi) is 9.09. The van der Waals surface area contributed by atoms with Crippen molar-refractivity contribution in [1.82, 2.24) is 15.0 Å². The average molecular weight is 708 g/mol. The fourth-order valence-corrected chi connectivity index (χ4v) is 7.02. The molecule has 0 atom stereocenters. The zero-order valence-electron chi connectivity index (χ0n) is 30.4. The Morgan fingerprint density at radius 2 is 0.745 bits per heavy atom. The van der Waals surface area contributed by atoms with Gasteiger partial charge in [-0.2, -0.15) is 4.57 Å². The molecule has 0 fully saturated rings. The van der Waals surface area contributed by atoms with Crippen LogP contribution in [0.3, 0.4) is 0 Å². The Morgan fingerprint density at radius 3 is 1.16 bits per heavy atom. The molecule has 0 aliphatic carbocycles. The number of hydrogen-bond acceptors (Lipinski definition) is 3. The number of hydrogen-bond donors (Lipinski definition) is 0. The van der Waals surface area contributed by atoms with Crippen molar-refractivity contribution in [2.45, 2.75) is 0 Å². The highest BCUT2D eigenvalue weighted by Crippen LogP contribution is 2.34. The van der Waals surface area contributed by atoms with E-state index in [1.807, 2.05) is 43.4 Å². The van der Waals surface area contributed by atoms with Gasteiger partial charge >= 0.3 is 0 Å². The van der Waals surface area contributed by atoms with Crippen molar-refractivity contribution < 1.29 is 9.13 Å². The van der Waals surface area contributed by atoms with E-state index in [1.165, 1.54) is 0 Å². The molecule has 0 amide bonds. The zero-order chi connectivity index (χ0) is 37.0. The van der Waals surface area contributed by atoms with E-state index in [4.69, 9.17) is 4.98 Å². The molecule has 9 aromatic rings. The van der Waals surface area contributed by atoms with Gasteiger partial charge in [0.05, 0.1) is 34.9 Å². The SMILES string of the molecule is C[n+]1ccc(-[n+]2c(-c3ccccc3)cc(-c3ccc(-c4ccc(-c5cc(-c6ccccn6)nc(-c6ccccn6)c5)cc4)cc3)cc2-c2ccccc2)cc1. The summed E-state index contributed by atoms with van der Waals surface area (Å²) in [5, 5.41) is 0. The monoisotopic (exact) mass is 707 g/mol. The molecule has 5 heterocycles. The van der Waals surface area contributed by atoms with Crippen LogP contribution in [0.25, 0.3) is 84.4 Å². The molecular weight excluding hydrogens is 671 g/mol. The maximum atomic E-state index is 4.94. The molecule has 0 radical (unpaired) electrons. The predicted octanol–water partition coefficient (Wildman–Crippen LogP) is 10.6. The second-order valence-electron chi connectivity index (χ2n) is 13.5. The largest absolute Gasteiger partial charge is 0.255 e. The second kappa shape index (κ2) is 14.9. The van der Waals surface area contributed by atoms with Gasteiger partial charge in [-0.25, -0.2) is 9.55 Å². The lowest BCUT2D eigenvalue weighted by atomic mass is 9.96. The first kappa shape index (κ1) is 33.5. The summed E-state index contributed by atoms with van der Waals surface area (Å²) in [4.78, 5) is 14.1. The van der Waals surface area contributed by atoms with Crippen LogP contribution in [0.1, 0.15) is 0 Å². The summed E-state index contributed by atoms with van der Waals surface area (Å²) >= 11 is 0. The van der Waals surface area contributed by atoms with Gasteiger partial charge in [0.2, 0.25) is 17.1 Å². The molecule has 0 saturated carbocycles. The first-order chi connectivity index (χ1) is 27.2. The molecule has 0 aliphatic rings.